The molecule has 1 N–H and O–H groups in total. The first-order valence-electron chi connectivity index (χ1n) is 8.70. The Morgan fingerprint density at radius 3 is 2.64 bits per heavy atom. The molecule has 1 amide bonds. The van der Waals surface area contributed by atoms with Crippen LogP contribution in [0.2, 0.25) is 0 Å². The van der Waals surface area contributed by atoms with Gasteiger partial charge in [-0.05, 0) is 24.6 Å². The number of amides is 1. The predicted molar refractivity (Wildman–Crippen MR) is 108 cm³/mol. The highest BCUT2D eigenvalue weighted by atomic mass is 32.1. The van der Waals surface area contributed by atoms with E-state index in [1.807, 2.05) is 6.92 Å². The number of carbonyl (C=O) groups excluding carboxylic acids is 1. The number of carbonyl (C=O) groups is 1. The maximum Gasteiger partial charge on any atom is 0.230 e. The fourth-order valence-electron chi connectivity index (χ4n) is 2.79. The Morgan fingerprint density at radius 1 is 1.14 bits per heavy atom. The molecular formula is C21H21FN2O3S. The fraction of sp³-hybridized carbons (Fsp3) is 0.238. The van der Waals surface area contributed by atoms with Crippen LogP contribution in [0.3, 0.4) is 0 Å². The van der Waals surface area contributed by atoms with Crippen LogP contribution in [0.1, 0.15) is 21.7 Å². The van der Waals surface area contributed by atoms with Crippen molar-refractivity contribution < 1.29 is 18.7 Å². The molecule has 0 aliphatic heterocycles. The maximum absolute atomic E-state index is 13.9. The Morgan fingerprint density at radius 2 is 1.93 bits per heavy atom. The van der Waals surface area contributed by atoms with Crippen molar-refractivity contribution in [1.29, 1.82) is 0 Å². The minimum absolute atomic E-state index is 0.147. The Hall–Kier alpha value is -2.93. The highest BCUT2D eigenvalue weighted by molar-refractivity contribution is 7.15. The fourth-order valence-corrected chi connectivity index (χ4v) is 3.80. The number of hydrogen-bond acceptors (Lipinski definition) is 5. The minimum atomic E-state index is -0.243. The van der Waals surface area contributed by atoms with Gasteiger partial charge in [0.2, 0.25) is 5.91 Å². The van der Waals surface area contributed by atoms with Gasteiger partial charge in [-0.1, -0.05) is 24.3 Å². The lowest BCUT2D eigenvalue weighted by Crippen LogP contribution is -2.14. The lowest BCUT2D eigenvalue weighted by atomic mass is 10.1. The summed E-state index contributed by atoms with van der Waals surface area (Å²) >= 11 is 1.36. The monoisotopic (exact) mass is 400 g/mol. The molecule has 1 aromatic heterocycles. The number of methoxy groups -OCH3 is 2. The molecule has 0 fully saturated rings. The molecule has 0 spiro atoms. The van der Waals surface area contributed by atoms with E-state index in [4.69, 9.17) is 9.47 Å². The highest BCUT2D eigenvalue weighted by Gasteiger charge is 2.15. The van der Waals surface area contributed by atoms with E-state index >= 15 is 0 Å². The molecule has 1 heterocycles. The summed E-state index contributed by atoms with van der Waals surface area (Å²) in [5.74, 6) is 0.807. The second-order valence-corrected chi connectivity index (χ2v) is 7.28. The van der Waals surface area contributed by atoms with Crippen LogP contribution in [0, 0.1) is 12.7 Å². The summed E-state index contributed by atoms with van der Waals surface area (Å²) in [5.41, 5.74) is 2.14. The highest BCUT2D eigenvalue weighted by Crippen LogP contribution is 2.28. The van der Waals surface area contributed by atoms with Gasteiger partial charge in [0.25, 0.3) is 0 Å². The second kappa shape index (κ2) is 8.84. The van der Waals surface area contributed by atoms with Crippen molar-refractivity contribution in [2.45, 2.75) is 19.8 Å². The predicted octanol–water partition coefficient (Wildman–Crippen LogP) is 4.38. The average Bonchev–Trinajstić information content (AvgIpc) is 3.02. The summed E-state index contributed by atoms with van der Waals surface area (Å²) in [4.78, 5) is 17.8. The lowest BCUT2D eigenvalue weighted by molar-refractivity contribution is -0.115. The van der Waals surface area contributed by atoms with Crippen molar-refractivity contribution >= 4 is 22.4 Å². The Balaban J connectivity index is 1.69. The Labute approximate surface area is 167 Å². The van der Waals surface area contributed by atoms with Gasteiger partial charge in [0.05, 0.1) is 26.3 Å². The van der Waals surface area contributed by atoms with Crippen molar-refractivity contribution in [3.8, 4) is 11.5 Å². The average molecular weight is 400 g/mol. The molecule has 7 heteroatoms. The van der Waals surface area contributed by atoms with Crippen LogP contribution in [0.25, 0.3) is 0 Å². The van der Waals surface area contributed by atoms with Crippen LogP contribution >= 0.6 is 11.3 Å². The van der Waals surface area contributed by atoms with Gasteiger partial charge in [-0.2, -0.15) is 0 Å². The van der Waals surface area contributed by atoms with Gasteiger partial charge in [-0.15, -0.1) is 11.3 Å². The number of anilines is 1. The summed E-state index contributed by atoms with van der Waals surface area (Å²) in [6, 6.07) is 12.0. The molecule has 0 saturated carbocycles. The van der Waals surface area contributed by atoms with Gasteiger partial charge in [-0.25, -0.2) is 9.37 Å². The number of thiazole rings is 1. The molecule has 0 aliphatic rings. The number of benzene rings is 2. The Bertz CT molecular complexity index is 988. The molecular weight excluding hydrogens is 379 g/mol. The molecule has 0 saturated heterocycles. The zero-order valence-electron chi connectivity index (χ0n) is 15.9. The Kier molecular flexibility index (Phi) is 6.26. The van der Waals surface area contributed by atoms with Gasteiger partial charge in [0, 0.05) is 22.9 Å². The summed E-state index contributed by atoms with van der Waals surface area (Å²) < 4.78 is 24.4. The van der Waals surface area contributed by atoms with Crippen molar-refractivity contribution in [1.82, 2.24) is 4.98 Å². The quantitative estimate of drug-likeness (QED) is 0.639. The smallest absolute Gasteiger partial charge is 0.230 e. The lowest BCUT2D eigenvalue weighted by Gasteiger charge is -2.10. The zero-order chi connectivity index (χ0) is 20.1. The standard InChI is InChI=1S/C21H21FN2O3S/c1-13-19(10-14-6-4-5-7-17(14)22)28-21(23-13)24-20(25)11-15-8-9-16(26-2)12-18(15)27-3/h4-9,12H,10-11H2,1-3H3,(H,23,24,25). The number of ether oxygens (including phenoxy) is 2. The van der Waals surface area contributed by atoms with E-state index < -0.39 is 0 Å². The second-order valence-electron chi connectivity index (χ2n) is 6.20. The molecule has 0 bridgehead atoms. The third-order valence-corrected chi connectivity index (χ3v) is 5.37. The van der Waals surface area contributed by atoms with E-state index in [1.54, 1.807) is 50.6 Å². The molecule has 0 atom stereocenters. The van der Waals surface area contributed by atoms with Crippen LogP contribution in [0.4, 0.5) is 9.52 Å². The SMILES string of the molecule is COc1ccc(CC(=O)Nc2nc(C)c(Cc3ccccc3F)s2)c(OC)c1. The topological polar surface area (TPSA) is 60.5 Å². The number of halogens is 1. The number of rotatable bonds is 7. The normalized spacial score (nSPS) is 10.6. The maximum atomic E-state index is 13.9. The molecule has 5 nitrogen and oxygen atoms in total. The van der Waals surface area contributed by atoms with Crippen molar-refractivity contribution in [3.05, 3.63) is 70.0 Å². The van der Waals surface area contributed by atoms with Crippen molar-refractivity contribution in [3.63, 3.8) is 0 Å². The van der Waals surface area contributed by atoms with E-state index in [0.717, 1.165) is 16.1 Å². The largest absolute Gasteiger partial charge is 0.497 e. The summed E-state index contributed by atoms with van der Waals surface area (Å²) in [6.07, 6.45) is 0.590. The molecule has 28 heavy (non-hydrogen) atoms. The molecule has 3 rings (SSSR count). The first kappa shape index (κ1) is 19.8. The van der Waals surface area contributed by atoms with E-state index in [-0.39, 0.29) is 18.1 Å². The molecule has 3 aromatic rings. The van der Waals surface area contributed by atoms with Crippen LogP contribution in [-0.2, 0) is 17.6 Å². The number of nitrogens with zero attached hydrogens (tertiary/aromatic N) is 1. The summed E-state index contributed by atoms with van der Waals surface area (Å²) in [6.45, 7) is 1.86. The molecule has 0 unspecified atom stereocenters. The van der Waals surface area contributed by atoms with Crippen molar-refractivity contribution in [2.24, 2.45) is 0 Å². The van der Waals surface area contributed by atoms with Gasteiger partial charge in [0.1, 0.15) is 17.3 Å². The number of nitrogens with one attached hydrogen (secondary N) is 1. The first-order valence-corrected chi connectivity index (χ1v) is 9.52. The summed E-state index contributed by atoms with van der Waals surface area (Å²) in [5, 5.41) is 3.32. The van der Waals surface area contributed by atoms with Crippen LogP contribution < -0.4 is 14.8 Å². The van der Waals surface area contributed by atoms with Gasteiger partial charge >= 0.3 is 0 Å². The number of hydrogen-bond donors (Lipinski definition) is 1. The number of aromatic nitrogens is 1. The third-order valence-electron chi connectivity index (χ3n) is 4.29. The molecule has 2 aromatic carbocycles. The first-order chi connectivity index (χ1) is 13.5. The van der Waals surface area contributed by atoms with E-state index in [1.165, 1.54) is 17.4 Å². The molecule has 146 valence electrons. The minimum Gasteiger partial charge on any atom is -0.497 e. The van der Waals surface area contributed by atoms with E-state index in [0.29, 0.717) is 28.6 Å². The van der Waals surface area contributed by atoms with Gasteiger partial charge < -0.3 is 14.8 Å². The van der Waals surface area contributed by atoms with Gasteiger partial charge in [0.15, 0.2) is 5.13 Å². The molecule has 0 radical (unpaired) electrons. The number of aryl methyl sites for hydroxylation is 1. The molecule has 0 aliphatic carbocycles. The van der Waals surface area contributed by atoms with Crippen molar-refractivity contribution in [2.75, 3.05) is 19.5 Å². The van der Waals surface area contributed by atoms with Gasteiger partial charge in [-0.3, -0.25) is 4.79 Å². The third kappa shape index (κ3) is 4.67. The van der Waals surface area contributed by atoms with E-state index in [2.05, 4.69) is 10.3 Å². The van der Waals surface area contributed by atoms with Crippen LogP contribution in [0.5, 0.6) is 11.5 Å². The van der Waals surface area contributed by atoms with Crippen LogP contribution in [-0.4, -0.2) is 25.1 Å². The zero-order valence-corrected chi connectivity index (χ0v) is 16.7. The van der Waals surface area contributed by atoms with E-state index in [9.17, 15) is 9.18 Å². The van der Waals surface area contributed by atoms with Crippen LogP contribution in [0.15, 0.2) is 42.5 Å². The summed E-state index contributed by atoms with van der Waals surface area (Å²) in [7, 11) is 3.13.